The quantitative estimate of drug-likeness (QED) is 0.792. The Labute approximate surface area is 162 Å². The molecule has 2 aromatic rings. The van der Waals surface area contributed by atoms with Gasteiger partial charge in [0.05, 0.1) is 17.5 Å². The number of rotatable bonds is 6. The normalized spacial score (nSPS) is 14.6. The molecule has 136 valence electrons. The summed E-state index contributed by atoms with van der Waals surface area (Å²) in [5.74, 6) is 1.99. The van der Waals surface area contributed by atoms with E-state index in [2.05, 4.69) is 16.7 Å². The molecule has 0 radical (unpaired) electrons. The fourth-order valence-electron chi connectivity index (χ4n) is 2.67. The Balaban J connectivity index is 1.48. The van der Waals surface area contributed by atoms with Crippen molar-refractivity contribution in [2.24, 2.45) is 0 Å². The highest BCUT2D eigenvalue weighted by Gasteiger charge is 2.17. The van der Waals surface area contributed by atoms with Crippen molar-refractivity contribution < 1.29 is 9.59 Å². The second kappa shape index (κ2) is 9.69. The third-order valence-corrected chi connectivity index (χ3v) is 6.94. The van der Waals surface area contributed by atoms with Gasteiger partial charge in [0.1, 0.15) is 0 Å². The van der Waals surface area contributed by atoms with Gasteiger partial charge in [-0.25, -0.2) is 0 Å². The molecule has 0 spiro atoms. The smallest absolute Gasteiger partial charge is 0.243 e. The predicted molar refractivity (Wildman–Crippen MR) is 111 cm³/mol. The van der Waals surface area contributed by atoms with Gasteiger partial charge in [-0.3, -0.25) is 9.59 Å². The minimum absolute atomic E-state index is 0.0250. The van der Waals surface area contributed by atoms with Crippen molar-refractivity contribution in [3.8, 4) is 0 Å². The first-order valence-electron chi connectivity index (χ1n) is 8.64. The second-order valence-corrected chi connectivity index (χ2v) is 8.76. The number of nitrogens with one attached hydrogen (secondary N) is 2. The Kier molecular flexibility index (Phi) is 7.03. The van der Waals surface area contributed by atoms with Crippen LogP contribution in [0.15, 0.2) is 54.6 Å². The fourth-order valence-corrected chi connectivity index (χ4v) is 5.54. The third kappa shape index (κ3) is 5.81. The van der Waals surface area contributed by atoms with Crippen molar-refractivity contribution in [3.05, 3.63) is 65.7 Å². The van der Waals surface area contributed by atoms with Gasteiger partial charge in [0.25, 0.3) is 0 Å². The standard InChI is InChI=1S/C20H22N2O2S2/c23-18(12-15-6-2-1-3-7-15)21-14-19(24)22-17-9-4-8-16(13-17)20-25-10-5-11-26-20/h1-4,6-9,13,20H,5,10-12,14H2,(H,21,23)(H,22,24). The lowest BCUT2D eigenvalue weighted by atomic mass is 10.1. The van der Waals surface area contributed by atoms with E-state index in [4.69, 9.17) is 0 Å². The van der Waals surface area contributed by atoms with Crippen molar-refractivity contribution in [3.63, 3.8) is 0 Å². The maximum atomic E-state index is 12.1. The molecule has 0 aliphatic carbocycles. The van der Waals surface area contributed by atoms with Crippen molar-refractivity contribution in [2.45, 2.75) is 17.4 Å². The number of amides is 2. The number of carbonyl (C=O) groups excluding carboxylic acids is 2. The summed E-state index contributed by atoms with van der Waals surface area (Å²) in [5.41, 5.74) is 2.93. The molecule has 2 amide bonds. The number of benzene rings is 2. The van der Waals surface area contributed by atoms with Gasteiger partial charge >= 0.3 is 0 Å². The van der Waals surface area contributed by atoms with Crippen LogP contribution in [-0.4, -0.2) is 29.9 Å². The summed E-state index contributed by atoms with van der Waals surface area (Å²) in [5, 5.41) is 5.54. The molecule has 1 fully saturated rings. The molecular formula is C20H22N2O2S2. The van der Waals surface area contributed by atoms with Gasteiger partial charge in [-0.15, -0.1) is 23.5 Å². The van der Waals surface area contributed by atoms with Crippen molar-refractivity contribution in [1.29, 1.82) is 0 Å². The maximum absolute atomic E-state index is 12.1. The van der Waals surface area contributed by atoms with Gasteiger partial charge < -0.3 is 10.6 Å². The molecule has 4 nitrogen and oxygen atoms in total. The number of anilines is 1. The van der Waals surface area contributed by atoms with E-state index < -0.39 is 0 Å². The fraction of sp³-hybridized carbons (Fsp3) is 0.300. The predicted octanol–water partition coefficient (Wildman–Crippen LogP) is 3.85. The molecule has 1 heterocycles. The van der Waals surface area contributed by atoms with E-state index in [-0.39, 0.29) is 24.8 Å². The third-order valence-electron chi connectivity index (χ3n) is 3.92. The zero-order valence-electron chi connectivity index (χ0n) is 14.4. The van der Waals surface area contributed by atoms with Crippen molar-refractivity contribution >= 4 is 41.0 Å². The van der Waals surface area contributed by atoms with Gasteiger partial charge in [-0.05, 0) is 41.2 Å². The summed E-state index contributed by atoms with van der Waals surface area (Å²) < 4.78 is 0.436. The Bertz CT molecular complexity index is 746. The highest BCUT2D eigenvalue weighted by Crippen LogP contribution is 2.43. The molecule has 1 aliphatic rings. The lowest BCUT2D eigenvalue weighted by Crippen LogP contribution is -2.33. The number of carbonyl (C=O) groups is 2. The summed E-state index contributed by atoms with van der Waals surface area (Å²) in [6.07, 6.45) is 1.53. The molecular weight excluding hydrogens is 364 g/mol. The van der Waals surface area contributed by atoms with Crippen LogP contribution in [0, 0.1) is 0 Å². The molecule has 0 aromatic heterocycles. The van der Waals surface area contributed by atoms with Crippen LogP contribution in [0.4, 0.5) is 5.69 Å². The van der Waals surface area contributed by atoms with Gasteiger partial charge in [-0.2, -0.15) is 0 Å². The van der Waals surface area contributed by atoms with Crippen LogP contribution in [0.5, 0.6) is 0 Å². The SMILES string of the molecule is O=C(Cc1ccccc1)NCC(=O)Nc1cccc(C2SCCCS2)c1. The molecule has 2 aromatic carbocycles. The molecule has 3 rings (SSSR count). The zero-order valence-corrected chi connectivity index (χ0v) is 16.1. The van der Waals surface area contributed by atoms with Crippen molar-refractivity contribution in [1.82, 2.24) is 5.32 Å². The molecule has 0 unspecified atom stereocenters. The maximum Gasteiger partial charge on any atom is 0.243 e. The molecule has 2 N–H and O–H groups in total. The Hall–Kier alpha value is -1.92. The molecule has 26 heavy (non-hydrogen) atoms. The summed E-state index contributed by atoms with van der Waals surface area (Å²) in [6.45, 7) is -0.0250. The molecule has 0 bridgehead atoms. The highest BCUT2D eigenvalue weighted by atomic mass is 32.2. The van der Waals surface area contributed by atoms with E-state index in [0.29, 0.717) is 4.58 Å². The van der Waals surface area contributed by atoms with E-state index in [0.717, 1.165) is 11.3 Å². The summed E-state index contributed by atoms with van der Waals surface area (Å²) in [7, 11) is 0. The van der Waals surface area contributed by atoms with Crippen LogP contribution in [0.25, 0.3) is 0 Å². The Morgan fingerprint density at radius 3 is 2.50 bits per heavy atom. The van der Waals surface area contributed by atoms with E-state index in [1.54, 1.807) is 0 Å². The van der Waals surface area contributed by atoms with E-state index >= 15 is 0 Å². The lowest BCUT2D eigenvalue weighted by molar-refractivity contribution is -0.123. The van der Waals surface area contributed by atoms with Gasteiger partial charge in [0.2, 0.25) is 11.8 Å². The van der Waals surface area contributed by atoms with Crippen LogP contribution in [-0.2, 0) is 16.0 Å². The molecule has 0 saturated carbocycles. The van der Waals surface area contributed by atoms with Crippen LogP contribution in [0.1, 0.15) is 22.1 Å². The lowest BCUT2D eigenvalue weighted by Gasteiger charge is -2.21. The van der Waals surface area contributed by atoms with Gasteiger partial charge in [-0.1, -0.05) is 42.5 Å². The van der Waals surface area contributed by atoms with Crippen molar-refractivity contribution in [2.75, 3.05) is 23.4 Å². The molecule has 1 aliphatic heterocycles. The first-order chi connectivity index (χ1) is 12.7. The first-order valence-corrected chi connectivity index (χ1v) is 10.7. The summed E-state index contributed by atoms with van der Waals surface area (Å²) >= 11 is 3.90. The molecule has 6 heteroatoms. The average molecular weight is 387 g/mol. The monoisotopic (exact) mass is 386 g/mol. The summed E-state index contributed by atoms with van der Waals surface area (Å²) in [4.78, 5) is 24.1. The number of hydrogen-bond donors (Lipinski definition) is 2. The number of hydrogen-bond acceptors (Lipinski definition) is 4. The molecule has 1 saturated heterocycles. The van der Waals surface area contributed by atoms with E-state index in [1.807, 2.05) is 72.1 Å². The minimum Gasteiger partial charge on any atom is -0.347 e. The first kappa shape index (κ1) is 18.9. The number of thioether (sulfide) groups is 2. The Morgan fingerprint density at radius 1 is 0.962 bits per heavy atom. The largest absolute Gasteiger partial charge is 0.347 e. The van der Waals surface area contributed by atoms with Gasteiger partial charge in [0, 0.05) is 5.69 Å². The minimum atomic E-state index is -0.215. The van der Waals surface area contributed by atoms with Crippen LogP contribution in [0.3, 0.4) is 0 Å². The topological polar surface area (TPSA) is 58.2 Å². The highest BCUT2D eigenvalue weighted by molar-refractivity contribution is 8.16. The zero-order chi connectivity index (χ0) is 18.2. The Morgan fingerprint density at radius 2 is 1.73 bits per heavy atom. The van der Waals surface area contributed by atoms with E-state index in [1.165, 1.54) is 23.5 Å². The van der Waals surface area contributed by atoms with Crippen LogP contribution in [0.2, 0.25) is 0 Å². The second-order valence-electron chi connectivity index (χ2n) is 6.04. The van der Waals surface area contributed by atoms with Crippen LogP contribution >= 0.6 is 23.5 Å². The van der Waals surface area contributed by atoms with Crippen LogP contribution < -0.4 is 10.6 Å². The summed E-state index contributed by atoms with van der Waals surface area (Å²) in [6, 6.07) is 17.5. The average Bonchev–Trinajstić information content (AvgIpc) is 2.68. The van der Waals surface area contributed by atoms with E-state index in [9.17, 15) is 9.59 Å². The van der Waals surface area contributed by atoms with Gasteiger partial charge in [0.15, 0.2) is 0 Å². The molecule has 0 atom stereocenters.